The molecule has 22 heavy (non-hydrogen) atoms. The molecular weight excluding hydrogens is 306 g/mol. The summed E-state index contributed by atoms with van der Waals surface area (Å²) in [6.07, 6.45) is 2.74. The zero-order valence-corrected chi connectivity index (χ0v) is 13.6. The van der Waals surface area contributed by atoms with Crippen LogP contribution in [0.15, 0.2) is 18.3 Å². The number of nitrogens with zero attached hydrogens (tertiary/aromatic N) is 2. The molecule has 1 aromatic rings. The first-order chi connectivity index (χ1) is 10.4. The summed E-state index contributed by atoms with van der Waals surface area (Å²) >= 11 is 0. The van der Waals surface area contributed by atoms with Crippen molar-refractivity contribution in [1.82, 2.24) is 10.3 Å². The third-order valence-corrected chi connectivity index (χ3v) is 5.12. The van der Waals surface area contributed by atoms with E-state index in [0.717, 1.165) is 30.7 Å². The van der Waals surface area contributed by atoms with Crippen molar-refractivity contribution < 1.29 is 17.9 Å². The number of pyridine rings is 1. The summed E-state index contributed by atoms with van der Waals surface area (Å²) < 4.78 is 28.0. The van der Waals surface area contributed by atoms with E-state index in [1.165, 1.54) is 6.92 Å². The predicted octanol–water partition coefficient (Wildman–Crippen LogP) is -0.0325. The lowest BCUT2D eigenvalue weighted by Gasteiger charge is -2.28. The zero-order chi connectivity index (χ0) is 16.2. The summed E-state index contributed by atoms with van der Waals surface area (Å²) in [5, 5.41) is 1.60. The van der Waals surface area contributed by atoms with Crippen LogP contribution in [0, 0.1) is 0 Å². The highest BCUT2D eigenvalue weighted by Crippen LogP contribution is 2.14. The summed E-state index contributed by atoms with van der Waals surface area (Å²) in [6, 6.07) is 3.70. The van der Waals surface area contributed by atoms with Crippen LogP contribution in [0.25, 0.3) is 0 Å². The van der Waals surface area contributed by atoms with E-state index < -0.39 is 21.0 Å². The van der Waals surface area contributed by atoms with Gasteiger partial charge < -0.3 is 15.0 Å². The van der Waals surface area contributed by atoms with Crippen LogP contribution in [-0.4, -0.2) is 57.1 Å². The second-order valence-electron chi connectivity index (χ2n) is 5.31. The molecule has 1 fully saturated rings. The number of sulfone groups is 1. The molecule has 0 bridgehead atoms. The molecule has 0 aliphatic carbocycles. The number of hydrogen-bond acceptors (Lipinski definition) is 6. The Morgan fingerprint density at radius 1 is 1.45 bits per heavy atom. The van der Waals surface area contributed by atoms with Crippen molar-refractivity contribution in [3.63, 3.8) is 0 Å². The molecule has 2 heterocycles. The molecule has 1 aliphatic heterocycles. The molecule has 0 spiro atoms. The van der Waals surface area contributed by atoms with Crippen molar-refractivity contribution in [1.29, 1.82) is 0 Å². The van der Waals surface area contributed by atoms with E-state index in [0.29, 0.717) is 13.2 Å². The molecule has 1 aromatic heterocycles. The van der Waals surface area contributed by atoms with Crippen molar-refractivity contribution in [2.45, 2.75) is 18.7 Å². The number of hydrogen-bond donors (Lipinski definition) is 1. The van der Waals surface area contributed by atoms with Crippen molar-refractivity contribution in [2.24, 2.45) is 0 Å². The Labute approximate surface area is 130 Å². The Morgan fingerprint density at radius 3 is 2.77 bits per heavy atom. The van der Waals surface area contributed by atoms with Crippen molar-refractivity contribution in [3.05, 3.63) is 23.9 Å². The number of morpholine rings is 1. The van der Waals surface area contributed by atoms with Crippen LogP contribution >= 0.6 is 0 Å². The van der Waals surface area contributed by atoms with Crippen LogP contribution in [0.4, 0.5) is 5.82 Å². The van der Waals surface area contributed by atoms with Gasteiger partial charge in [-0.15, -0.1) is 0 Å². The Kier molecular flexibility index (Phi) is 5.36. The smallest absolute Gasteiger partial charge is 0.238 e. The Morgan fingerprint density at radius 2 is 2.14 bits per heavy atom. The van der Waals surface area contributed by atoms with Gasteiger partial charge in [-0.2, -0.15) is 0 Å². The maximum absolute atomic E-state index is 11.8. The Bertz CT molecular complexity index is 627. The van der Waals surface area contributed by atoms with Gasteiger partial charge in [-0.3, -0.25) is 4.79 Å². The van der Waals surface area contributed by atoms with Crippen molar-refractivity contribution in [3.8, 4) is 0 Å². The lowest BCUT2D eigenvalue weighted by molar-refractivity contribution is -0.120. The summed E-state index contributed by atoms with van der Waals surface area (Å²) in [5.41, 5.74) is 0.880. The largest absolute Gasteiger partial charge is 0.378 e. The summed E-state index contributed by atoms with van der Waals surface area (Å²) in [6.45, 7) is 4.58. The van der Waals surface area contributed by atoms with Gasteiger partial charge in [0.15, 0.2) is 9.84 Å². The van der Waals surface area contributed by atoms with Crippen LogP contribution in [0.1, 0.15) is 12.5 Å². The molecule has 1 amide bonds. The van der Waals surface area contributed by atoms with Crippen molar-refractivity contribution >= 4 is 21.6 Å². The first-order valence-corrected chi connectivity index (χ1v) is 9.07. The maximum Gasteiger partial charge on any atom is 0.238 e. The van der Waals surface area contributed by atoms with Gasteiger partial charge >= 0.3 is 0 Å². The van der Waals surface area contributed by atoms with Crippen LogP contribution in [0.5, 0.6) is 0 Å². The zero-order valence-electron chi connectivity index (χ0n) is 12.8. The number of ether oxygens (including phenoxy) is 1. The van der Waals surface area contributed by atoms with Crippen LogP contribution in [0.2, 0.25) is 0 Å². The highest BCUT2D eigenvalue weighted by atomic mass is 32.2. The first-order valence-electron chi connectivity index (χ1n) is 7.12. The van der Waals surface area contributed by atoms with Crippen molar-refractivity contribution in [2.75, 3.05) is 37.5 Å². The summed E-state index contributed by atoms with van der Waals surface area (Å²) in [4.78, 5) is 18.3. The van der Waals surface area contributed by atoms with E-state index in [4.69, 9.17) is 4.74 Å². The van der Waals surface area contributed by atoms with Gasteiger partial charge in [-0.1, -0.05) is 0 Å². The van der Waals surface area contributed by atoms with E-state index >= 15 is 0 Å². The predicted molar refractivity (Wildman–Crippen MR) is 83.4 cm³/mol. The van der Waals surface area contributed by atoms with Crippen LogP contribution < -0.4 is 10.2 Å². The average Bonchev–Trinajstić information content (AvgIpc) is 2.52. The SMILES string of the molecule is CC(C(=O)NCc1ccnc(N2CCOCC2)c1)S(C)(=O)=O. The number of nitrogens with one attached hydrogen (secondary N) is 1. The standard InChI is InChI=1S/C14H21N3O4S/c1-11(22(2,19)20)14(18)16-10-12-3-4-15-13(9-12)17-5-7-21-8-6-17/h3-4,9,11H,5-8,10H2,1-2H3,(H,16,18). The quantitative estimate of drug-likeness (QED) is 0.817. The highest BCUT2D eigenvalue weighted by molar-refractivity contribution is 7.92. The Balaban J connectivity index is 1.97. The fourth-order valence-electron chi connectivity index (χ4n) is 2.06. The molecular formula is C14H21N3O4S. The van der Waals surface area contributed by atoms with E-state index in [1.807, 2.05) is 6.07 Å². The monoisotopic (exact) mass is 327 g/mol. The number of carbonyl (C=O) groups excluding carboxylic acids is 1. The molecule has 1 saturated heterocycles. The van der Waals surface area contributed by atoms with E-state index in [9.17, 15) is 13.2 Å². The molecule has 8 heteroatoms. The van der Waals surface area contributed by atoms with E-state index in [1.54, 1.807) is 12.3 Å². The minimum Gasteiger partial charge on any atom is -0.378 e. The fraction of sp³-hybridized carbons (Fsp3) is 0.571. The molecule has 7 nitrogen and oxygen atoms in total. The maximum atomic E-state index is 11.8. The highest BCUT2D eigenvalue weighted by Gasteiger charge is 2.23. The lowest BCUT2D eigenvalue weighted by atomic mass is 10.2. The number of carbonyl (C=O) groups is 1. The van der Waals surface area contributed by atoms with Gasteiger partial charge in [0.1, 0.15) is 11.1 Å². The second kappa shape index (κ2) is 7.06. The molecule has 2 rings (SSSR count). The van der Waals surface area contributed by atoms with Gasteiger partial charge in [0.2, 0.25) is 5.91 Å². The van der Waals surface area contributed by atoms with Gasteiger partial charge in [-0.05, 0) is 24.6 Å². The minimum atomic E-state index is -3.38. The molecule has 1 atom stereocenters. The number of anilines is 1. The average molecular weight is 327 g/mol. The molecule has 0 saturated carbocycles. The first kappa shape index (κ1) is 16.7. The number of rotatable bonds is 5. The molecule has 0 radical (unpaired) electrons. The normalized spacial score (nSPS) is 17.1. The number of amides is 1. The van der Waals surface area contributed by atoms with E-state index in [-0.39, 0.29) is 6.54 Å². The van der Waals surface area contributed by atoms with Gasteiger partial charge in [-0.25, -0.2) is 13.4 Å². The summed E-state index contributed by atoms with van der Waals surface area (Å²) in [7, 11) is -3.38. The van der Waals surface area contributed by atoms with Crippen LogP contribution in [0.3, 0.4) is 0 Å². The minimum absolute atomic E-state index is 0.276. The topological polar surface area (TPSA) is 88.6 Å². The molecule has 0 aromatic carbocycles. The van der Waals surface area contributed by atoms with Gasteiger partial charge in [0, 0.05) is 32.1 Å². The third kappa shape index (κ3) is 4.41. The molecule has 122 valence electrons. The fourth-order valence-corrected chi connectivity index (χ4v) is 2.54. The molecule has 1 N–H and O–H groups in total. The summed E-state index contributed by atoms with van der Waals surface area (Å²) in [5.74, 6) is 0.346. The van der Waals surface area contributed by atoms with Gasteiger partial charge in [0.05, 0.1) is 13.2 Å². The second-order valence-corrected chi connectivity index (χ2v) is 7.68. The molecule has 1 aliphatic rings. The Hall–Kier alpha value is -1.67. The molecule has 1 unspecified atom stereocenters. The lowest BCUT2D eigenvalue weighted by Crippen LogP contribution is -2.37. The third-order valence-electron chi connectivity index (χ3n) is 3.62. The van der Waals surface area contributed by atoms with Gasteiger partial charge in [0.25, 0.3) is 0 Å². The van der Waals surface area contributed by atoms with Crippen LogP contribution in [-0.2, 0) is 25.9 Å². The van der Waals surface area contributed by atoms with E-state index in [2.05, 4.69) is 15.2 Å². The number of aromatic nitrogens is 1.